The van der Waals surface area contributed by atoms with Crippen LogP contribution in [0.5, 0.6) is 0 Å². The van der Waals surface area contributed by atoms with E-state index in [-0.39, 0.29) is 17.6 Å². The Morgan fingerprint density at radius 1 is 1.22 bits per heavy atom. The maximum Gasteiger partial charge on any atom is 0.225 e. The quantitative estimate of drug-likeness (QED) is 0.688. The summed E-state index contributed by atoms with van der Waals surface area (Å²) >= 11 is 1.71. The van der Waals surface area contributed by atoms with Gasteiger partial charge < -0.3 is 5.32 Å². The molecule has 0 radical (unpaired) electrons. The van der Waals surface area contributed by atoms with Gasteiger partial charge in [-0.25, -0.2) is 13.8 Å². The van der Waals surface area contributed by atoms with Crippen LogP contribution in [0.1, 0.15) is 30.3 Å². The van der Waals surface area contributed by atoms with Crippen LogP contribution in [0.3, 0.4) is 0 Å². The zero-order valence-electron chi connectivity index (χ0n) is 14.6. The minimum absolute atomic E-state index is 0.212. The third-order valence-corrected chi connectivity index (χ3v) is 5.93. The molecule has 1 amide bonds. The smallest absolute Gasteiger partial charge is 0.225 e. The predicted molar refractivity (Wildman–Crippen MR) is 103 cm³/mol. The largest absolute Gasteiger partial charge is 0.326 e. The molecule has 7 heteroatoms. The Kier molecular flexibility index (Phi) is 5.13. The number of hydrogen-bond acceptors (Lipinski definition) is 4. The lowest BCUT2D eigenvalue weighted by Crippen LogP contribution is -2.27. The van der Waals surface area contributed by atoms with Crippen molar-refractivity contribution in [3.8, 4) is 0 Å². The third kappa shape index (κ3) is 3.99. The van der Waals surface area contributed by atoms with Gasteiger partial charge in [-0.15, -0.1) is 11.3 Å². The number of hydrogen-bond donors (Lipinski definition) is 1. The molecular formula is C20H19F2N3OS. The molecule has 0 aliphatic carbocycles. The molecule has 1 aliphatic rings. The number of rotatable bonds is 5. The molecule has 0 spiro atoms. The average molecular weight is 387 g/mol. The van der Waals surface area contributed by atoms with E-state index in [1.54, 1.807) is 11.3 Å². The van der Waals surface area contributed by atoms with Gasteiger partial charge in [-0.1, -0.05) is 12.1 Å². The summed E-state index contributed by atoms with van der Waals surface area (Å²) < 4.78 is 27.4. The monoisotopic (exact) mass is 387 g/mol. The Morgan fingerprint density at radius 3 is 2.89 bits per heavy atom. The maximum absolute atomic E-state index is 13.2. The van der Waals surface area contributed by atoms with Crippen LogP contribution >= 0.6 is 11.3 Å². The molecule has 1 atom stereocenters. The Hall–Kier alpha value is -2.38. The summed E-state index contributed by atoms with van der Waals surface area (Å²) in [7, 11) is 0. The highest BCUT2D eigenvalue weighted by molar-refractivity contribution is 7.18. The minimum atomic E-state index is -0.969. The highest BCUT2D eigenvalue weighted by Crippen LogP contribution is 2.36. The summed E-state index contributed by atoms with van der Waals surface area (Å²) in [4.78, 5) is 19.2. The molecule has 0 saturated carbocycles. The zero-order chi connectivity index (χ0) is 18.8. The van der Waals surface area contributed by atoms with E-state index in [1.807, 2.05) is 18.2 Å². The fraction of sp³-hybridized carbons (Fsp3) is 0.300. The van der Waals surface area contributed by atoms with E-state index >= 15 is 0 Å². The van der Waals surface area contributed by atoms with Gasteiger partial charge >= 0.3 is 0 Å². The van der Waals surface area contributed by atoms with E-state index in [2.05, 4.69) is 16.3 Å². The summed E-state index contributed by atoms with van der Waals surface area (Å²) in [6.07, 6.45) is 2.40. The first-order chi connectivity index (χ1) is 13.1. The third-order valence-electron chi connectivity index (χ3n) is 4.79. The van der Waals surface area contributed by atoms with E-state index in [0.717, 1.165) is 42.0 Å². The molecule has 1 saturated heterocycles. The summed E-state index contributed by atoms with van der Waals surface area (Å²) in [5, 5.41) is 3.72. The molecule has 140 valence electrons. The van der Waals surface area contributed by atoms with Crippen molar-refractivity contribution in [2.75, 3.05) is 18.4 Å². The van der Waals surface area contributed by atoms with Crippen LogP contribution in [0, 0.1) is 11.6 Å². The van der Waals surface area contributed by atoms with E-state index in [9.17, 15) is 13.6 Å². The molecular weight excluding hydrogens is 368 g/mol. The van der Waals surface area contributed by atoms with Crippen molar-refractivity contribution < 1.29 is 13.6 Å². The molecule has 1 aliphatic heterocycles. The van der Waals surface area contributed by atoms with Crippen molar-refractivity contribution in [2.24, 2.45) is 0 Å². The van der Waals surface area contributed by atoms with Crippen molar-refractivity contribution >= 4 is 33.1 Å². The molecule has 3 aromatic rings. The van der Waals surface area contributed by atoms with Crippen molar-refractivity contribution in [2.45, 2.75) is 25.3 Å². The van der Waals surface area contributed by atoms with Crippen LogP contribution in [-0.2, 0) is 4.79 Å². The lowest BCUT2D eigenvalue weighted by atomic mass is 10.2. The lowest BCUT2D eigenvalue weighted by molar-refractivity contribution is -0.116. The molecule has 4 rings (SSSR count). The van der Waals surface area contributed by atoms with Crippen molar-refractivity contribution in [3.05, 3.63) is 59.1 Å². The molecule has 4 nitrogen and oxygen atoms in total. The summed E-state index contributed by atoms with van der Waals surface area (Å²) in [6, 6.07) is 11.7. The number of anilines is 1. The second kappa shape index (κ2) is 7.70. The van der Waals surface area contributed by atoms with Gasteiger partial charge in [-0.3, -0.25) is 9.69 Å². The normalized spacial score (nSPS) is 17.5. The standard InChI is InChI=1S/C20H19F2N3OS/c21-14-8-7-13(12-15(14)22)23-19(26)9-11-25-10-3-5-17(25)20-24-16-4-1-2-6-18(16)27-20/h1-2,4,6-8,12,17H,3,5,9-11H2,(H,23,26). The first-order valence-corrected chi connectivity index (χ1v) is 9.76. The van der Waals surface area contributed by atoms with Gasteiger partial charge in [0.2, 0.25) is 5.91 Å². The van der Waals surface area contributed by atoms with E-state index in [1.165, 1.54) is 10.8 Å². The Labute approximate surface area is 159 Å². The fourth-order valence-electron chi connectivity index (χ4n) is 3.45. The maximum atomic E-state index is 13.2. The Morgan fingerprint density at radius 2 is 2.07 bits per heavy atom. The number of thiazole rings is 1. The lowest BCUT2D eigenvalue weighted by Gasteiger charge is -2.22. The molecule has 1 N–H and O–H groups in total. The number of carbonyl (C=O) groups is 1. The number of halogens is 2. The second-order valence-electron chi connectivity index (χ2n) is 6.64. The van der Waals surface area contributed by atoms with Crippen molar-refractivity contribution in [3.63, 3.8) is 0 Å². The van der Waals surface area contributed by atoms with Crippen LogP contribution in [0.2, 0.25) is 0 Å². The molecule has 27 heavy (non-hydrogen) atoms. The van der Waals surface area contributed by atoms with E-state index < -0.39 is 11.6 Å². The molecule has 0 bridgehead atoms. The second-order valence-corrected chi connectivity index (χ2v) is 7.70. The van der Waals surface area contributed by atoms with Gasteiger partial charge in [-0.2, -0.15) is 0 Å². The van der Waals surface area contributed by atoms with Gasteiger partial charge in [0.15, 0.2) is 11.6 Å². The molecule has 1 aromatic heterocycles. The number of nitrogens with zero attached hydrogens (tertiary/aromatic N) is 2. The SMILES string of the molecule is O=C(CCN1CCCC1c1nc2ccccc2s1)Nc1ccc(F)c(F)c1. The Bertz CT molecular complexity index is 942. The Balaban J connectivity index is 1.38. The molecule has 2 aromatic carbocycles. The molecule has 1 unspecified atom stereocenters. The molecule has 2 heterocycles. The van der Waals surface area contributed by atoms with Crippen LogP contribution in [0.4, 0.5) is 14.5 Å². The fourth-order valence-corrected chi connectivity index (χ4v) is 4.59. The van der Waals surface area contributed by atoms with E-state index in [0.29, 0.717) is 13.0 Å². The van der Waals surface area contributed by atoms with Gasteiger partial charge in [0.25, 0.3) is 0 Å². The number of likely N-dealkylation sites (tertiary alicyclic amines) is 1. The van der Waals surface area contributed by atoms with Crippen LogP contribution in [0.25, 0.3) is 10.2 Å². The van der Waals surface area contributed by atoms with Crippen LogP contribution < -0.4 is 5.32 Å². The number of benzene rings is 2. The number of carbonyl (C=O) groups excluding carboxylic acids is 1. The summed E-state index contributed by atoms with van der Waals surface area (Å²) in [5.41, 5.74) is 1.28. The zero-order valence-corrected chi connectivity index (χ0v) is 15.4. The number of aromatic nitrogens is 1. The molecule has 1 fully saturated rings. The van der Waals surface area contributed by atoms with Crippen LogP contribution in [-0.4, -0.2) is 28.9 Å². The van der Waals surface area contributed by atoms with Gasteiger partial charge in [-0.05, 0) is 43.7 Å². The first kappa shape index (κ1) is 18.0. The van der Waals surface area contributed by atoms with Gasteiger partial charge in [0.1, 0.15) is 5.01 Å². The van der Waals surface area contributed by atoms with E-state index in [4.69, 9.17) is 4.98 Å². The van der Waals surface area contributed by atoms with Gasteiger partial charge in [0.05, 0.1) is 16.3 Å². The number of fused-ring (bicyclic) bond motifs is 1. The summed E-state index contributed by atoms with van der Waals surface area (Å²) in [6.45, 7) is 1.54. The number of nitrogens with one attached hydrogen (secondary N) is 1. The summed E-state index contributed by atoms with van der Waals surface area (Å²) in [5.74, 6) is -2.11. The van der Waals surface area contributed by atoms with Gasteiger partial charge in [0, 0.05) is 24.7 Å². The predicted octanol–water partition coefficient (Wildman–Crippen LogP) is 4.74. The minimum Gasteiger partial charge on any atom is -0.326 e. The highest BCUT2D eigenvalue weighted by Gasteiger charge is 2.28. The average Bonchev–Trinajstić information content (AvgIpc) is 3.29. The highest BCUT2D eigenvalue weighted by atomic mass is 32.1. The first-order valence-electron chi connectivity index (χ1n) is 8.94. The van der Waals surface area contributed by atoms with Crippen LogP contribution in [0.15, 0.2) is 42.5 Å². The number of amides is 1. The number of para-hydroxylation sites is 1. The topological polar surface area (TPSA) is 45.2 Å². The van der Waals surface area contributed by atoms with Crippen molar-refractivity contribution in [1.82, 2.24) is 9.88 Å². The van der Waals surface area contributed by atoms with Crippen molar-refractivity contribution in [1.29, 1.82) is 0 Å².